The first kappa shape index (κ1) is 18.1. The van der Waals surface area contributed by atoms with Crippen LogP contribution in [0.1, 0.15) is 37.0 Å². The SMILES string of the molecule is CC(C)(C)c1nc(CC(=O)N[C@@H](Cc2ccccc2)C(=O)O)cs1. The molecule has 1 amide bonds. The highest BCUT2D eigenvalue weighted by Gasteiger charge is 2.22. The summed E-state index contributed by atoms with van der Waals surface area (Å²) in [4.78, 5) is 28.0. The van der Waals surface area contributed by atoms with E-state index in [1.807, 2.05) is 35.7 Å². The summed E-state index contributed by atoms with van der Waals surface area (Å²) in [7, 11) is 0. The van der Waals surface area contributed by atoms with E-state index in [0.29, 0.717) is 5.69 Å². The largest absolute Gasteiger partial charge is 0.480 e. The third-order valence-corrected chi connectivity index (χ3v) is 4.77. The molecule has 2 rings (SSSR count). The summed E-state index contributed by atoms with van der Waals surface area (Å²) < 4.78 is 0. The fourth-order valence-corrected chi connectivity index (χ4v) is 3.10. The summed E-state index contributed by atoms with van der Waals surface area (Å²) >= 11 is 1.52. The van der Waals surface area contributed by atoms with Crippen molar-refractivity contribution < 1.29 is 14.7 Å². The number of carbonyl (C=O) groups excluding carboxylic acids is 1. The lowest BCUT2D eigenvalue weighted by atomic mass is 9.98. The van der Waals surface area contributed by atoms with Crippen molar-refractivity contribution in [1.82, 2.24) is 10.3 Å². The summed E-state index contributed by atoms with van der Waals surface area (Å²) in [5.74, 6) is -1.37. The first-order chi connectivity index (χ1) is 11.3. The minimum absolute atomic E-state index is 0.0592. The molecule has 0 saturated carbocycles. The third kappa shape index (κ3) is 5.16. The van der Waals surface area contributed by atoms with E-state index in [9.17, 15) is 14.7 Å². The van der Waals surface area contributed by atoms with Crippen molar-refractivity contribution in [2.75, 3.05) is 0 Å². The normalized spacial score (nSPS) is 12.6. The molecule has 0 aliphatic carbocycles. The second-order valence-electron chi connectivity index (χ2n) is 6.72. The lowest BCUT2D eigenvalue weighted by Crippen LogP contribution is -2.43. The first-order valence-corrected chi connectivity index (χ1v) is 8.64. The number of aromatic nitrogens is 1. The van der Waals surface area contributed by atoms with Gasteiger partial charge in [-0.3, -0.25) is 4.79 Å². The number of nitrogens with one attached hydrogen (secondary N) is 1. The maximum absolute atomic E-state index is 12.2. The van der Waals surface area contributed by atoms with Crippen LogP contribution >= 0.6 is 11.3 Å². The average Bonchev–Trinajstić information content (AvgIpc) is 2.96. The molecule has 128 valence electrons. The van der Waals surface area contributed by atoms with Crippen LogP contribution in [0.25, 0.3) is 0 Å². The Morgan fingerprint density at radius 1 is 1.25 bits per heavy atom. The number of thiazole rings is 1. The van der Waals surface area contributed by atoms with E-state index in [2.05, 4.69) is 31.1 Å². The van der Waals surface area contributed by atoms with Gasteiger partial charge >= 0.3 is 5.97 Å². The van der Waals surface area contributed by atoms with Crippen molar-refractivity contribution in [3.8, 4) is 0 Å². The molecule has 0 unspecified atom stereocenters. The summed E-state index contributed by atoms with van der Waals surface area (Å²) in [5.41, 5.74) is 1.48. The highest BCUT2D eigenvalue weighted by atomic mass is 32.1. The molecule has 0 radical (unpaired) electrons. The van der Waals surface area contributed by atoms with Crippen molar-refractivity contribution >= 4 is 23.2 Å². The molecule has 1 aromatic heterocycles. The van der Waals surface area contributed by atoms with Crippen LogP contribution in [0.15, 0.2) is 35.7 Å². The maximum atomic E-state index is 12.2. The number of carbonyl (C=O) groups is 2. The Balaban J connectivity index is 1.98. The molecule has 0 aliphatic heterocycles. The van der Waals surface area contributed by atoms with Crippen LogP contribution in [0.2, 0.25) is 0 Å². The number of rotatable bonds is 6. The Bertz CT molecular complexity index is 705. The van der Waals surface area contributed by atoms with E-state index in [0.717, 1.165) is 10.6 Å². The van der Waals surface area contributed by atoms with Crippen LogP contribution in [-0.4, -0.2) is 28.0 Å². The molecule has 2 N–H and O–H groups in total. The van der Waals surface area contributed by atoms with Gasteiger partial charge in [-0.05, 0) is 5.56 Å². The smallest absolute Gasteiger partial charge is 0.326 e. The third-order valence-electron chi connectivity index (χ3n) is 3.45. The topological polar surface area (TPSA) is 79.3 Å². The van der Waals surface area contributed by atoms with Crippen LogP contribution in [-0.2, 0) is 27.8 Å². The molecule has 5 nitrogen and oxygen atoms in total. The summed E-state index contributed by atoms with van der Waals surface area (Å²) in [6.07, 6.45) is 0.345. The van der Waals surface area contributed by atoms with Crippen molar-refractivity contribution in [3.05, 3.63) is 52.0 Å². The van der Waals surface area contributed by atoms with Crippen LogP contribution < -0.4 is 5.32 Å². The molecule has 1 aromatic carbocycles. The van der Waals surface area contributed by atoms with Crippen LogP contribution in [0, 0.1) is 0 Å². The number of hydrogen-bond donors (Lipinski definition) is 2. The Kier molecular flexibility index (Phi) is 5.72. The van der Waals surface area contributed by atoms with Gasteiger partial charge in [0.25, 0.3) is 0 Å². The molecule has 0 saturated heterocycles. The van der Waals surface area contributed by atoms with Gasteiger partial charge in [0.1, 0.15) is 6.04 Å². The Hall–Kier alpha value is -2.21. The fraction of sp³-hybridized carbons (Fsp3) is 0.389. The van der Waals surface area contributed by atoms with E-state index in [-0.39, 0.29) is 24.2 Å². The molecule has 0 fully saturated rings. The van der Waals surface area contributed by atoms with Crippen LogP contribution in [0.3, 0.4) is 0 Å². The molecule has 1 atom stereocenters. The maximum Gasteiger partial charge on any atom is 0.326 e. The zero-order valence-corrected chi connectivity index (χ0v) is 14.9. The Labute approximate surface area is 145 Å². The molecular weight excluding hydrogens is 324 g/mol. The predicted molar refractivity (Wildman–Crippen MR) is 94.2 cm³/mol. The summed E-state index contributed by atoms with van der Waals surface area (Å²) in [6, 6.07) is 8.31. The number of benzene rings is 1. The Morgan fingerprint density at radius 2 is 1.92 bits per heavy atom. The number of amides is 1. The molecule has 0 spiro atoms. The standard InChI is InChI=1S/C18H22N2O3S/c1-18(2,3)17-19-13(11-24-17)10-15(21)20-14(16(22)23)9-12-7-5-4-6-8-12/h4-8,11,14H,9-10H2,1-3H3,(H,20,21)(H,22,23)/t14-/m0/s1. The average molecular weight is 346 g/mol. The zero-order valence-electron chi connectivity index (χ0n) is 14.1. The molecule has 24 heavy (non-hydrogen) atoms. The monoisotopic (exact) mass is 346 g/mol. The Morgan fingerprint density at radius 3 is 2.46 bits per heavy atom. The molecular formula is C18H22N2O3S. The van der Waals surface area contributed by atoms with E-state index in [4.69, 9.17) is 0 Å². The fourth-order valence-electron chi connectivity index (χ4n) is 2.19. The number of carboxylic acids is 1. The van der Waals surface area contributed by atoms with Crippen LogP contribution in [0.5, 0.6) is 0 Å². The van der Waals surface area contributed by atoms with Crippen molar-refractivity contribution in [1.29, 1.82) is 0 Å². The van der Waals surface area contributed by atoms with E-state index >= 15 is 0 Å². The molecule has 1 heterocycles. The molecule has 0 bridgehead atoms. The lowest BCUT2D eigenvalue weighted by molar-refractivity contribution is -0.141. The van der Waals surface area contributed by atoms with E-state index in [1.165, 1.54) is 11.3 Å². The second-order valence-corrected chi connectivity index (χ2v) is 7.58. The second kappa shape index (κ2) is 7.57. The molecule has 2 aromatic rings. The summed E-state index contributed by atoms with van der Waals surface area (Å²) in [6.45, 7) is 6.20. The molecule has 0 aliphatic rings. The van der Waals surface area contributed by atoms with Crippen molar-refractivity contribution in [2.24, 2.45) is 0 Å². The van der Waals surface area contributed by atoms with E-state index in [1.54, 1.807) is 0 Å². The van der Waals surface area contributed by atoms with E-state index < -0.39 is 12.0 Å². The van der Waals surface area contributed by atoms with Gasteiger partial charge in [-0.2, -0.15) is 0 Å². The predicted octanol–water partition coefficient (Wildman–Crippen LogP) is 2.80. The lowest BCUT2D eigenvalue weighted by Gasteiger charge is -2.15. The highest BCUT2D eigenvalue weighted by Crippen LogP contribution is 2.25. The number of hydrogen-bond acceptors (Lipinski definition) is 4. The van der Waals surface area contributed by atoms with Gasteiger partial charge in [-0.25, -0.2) is 9.78 Å². The van der Waals surface area contributed by atoms with Gasteiger partial charge in [0.05, 0.1) is 17.1 Å². The number of nitrogens with zero attached hydrogens (tertiary/aromatic N) is 1. The van der Waals surface area contributed by atoms with Crippen molar-refractivity contribution in [3.63, 3.8) is 0 Å². The first-order valence-electron chi connectivity index (χ1n) is 7.76. The van der Waals surface area contributed by atoms with Gasteiger partial charge in [0, 0.05) is 17.2 Å². The minimum atomic E-state index is -1.04. The highest BCUT2D eigenvalue weighted by molar-refractivity contribution is 7.09. The van der Waals surface area contributed by atoms with Gasteiger partial charge in [0.2, 0.25) is 5.91 Å². The molecule has 6 heteroatoms. The number of aliphatic carboxylic acids is 1. The zero-order chi connectivity index (χ0) is 17.7. The number of carboxylic acid groups (broad SMARTS) is 1. The van der Waals surface area contributed by atoms with Crippen LogP contribution in [0.4, 0.5) is 0 Å². The van der Waals surface area contributed by atoms with Crippen molar-refractivity contribution in [2.45, 2.75) is 45.1 Å². The minimum Gasteiger partial charge on any atom is -0.480 e. The van der Waals surface area contributed by atoms with Gasteiger partial charge in [-0.15, -0.1) is 11.3 Å². The summed E-state index contributed by atoms with van der Waals surface area (Å²) in [5, 5.41) is 14.7. The quantitative estimate of drug-likeness (QED) is 0.843. The van der Waals surface area contributed by atoms with Gasteiger partial charge in [0.15, 0.2) is 0 Å². The van der Waals surface area contributed by atoms with Gasteiger partial charge in [-0.1, -0.05) is 51.1 Å². The van der Waals surface area contributed by atoms with Gasteiger partial charge < -0.3 is 10.4 Å².